The minimum atomic E-state index is -0.542. The molecule has 1 aromatic rings. The summed E-state index contributed by atoms with van der Waals surface area (Å²) >= 11 is 0.996. The third-order valence-corrected chi connectivity index (χ3v) is 3.62. The van der Waals surface area contributed by atoms with Gasteiger partial charge in [0.05, 0.1) is 0 Å². The number of fused-ring (bicyclic) bond motifs is 1. The average molecular weight is 705 g/mol. The van der Waals surface area contributed by atoms with E-state index in [0.29, 0.717) is 6.61 Å². The standard InChI is InChI=1S/C13H11NO3.Po.Rf/c15-8-13-7-6-11(16)14(13)12(17-9-13)10-4-2-1-3-5-10;;/h1-8,12H,9H2;;/q-2;+1;/t12?,13-;;/m0../s1. The molecule has 95 valence electrons. The molecule has 3 rings (SSSR count). The van der Waals surface area contributed by atoms with Crippen molar-refractivity contribution in [3.63, 3.8) is 0 Å². The SMILES string of the molecule is O=C1C=C[C@]2([CH-][O][Po])COC(c3ccccc3)N12.[Rf]. The van der Waals surface area contributed by atoms with Gasteiger partial charge in [0, 0.05) is 0 Å². The zero-order valence-electron chi connectivity index (χ0n) is 10.2. The van der Waals surface area contributed by atoms with Crippen LogP contribution in [0, 0.1) is 6.61 Å². The fourth-order valence-corrected chi connectivity index (χ4v) is 3.04. The van der Waals surface area contributed by atoms with Crippen LogP contribution < -0.4 is 0 Å². The fraction of sp³-hybridized carbons (Fsp3) is 0.231. The molecule has 0 spiro atoms. The van der Waals surface area contributed by atoms with Gasteiger partial charge in [-0.3, -0.25) is 0 Å². The first-order chi connectivity index (χ1) is 8.77. The zero-order chi connectivity index (χ0) is 12.6. The van der Waals surface area contributed by atoms with Gasteiger partial charge in [-0.1, -0.05) is 0 Å². The monoisotopic (exact) mass is 705 g/mol. The molecule has 4 nitrogen and oxygen atoms in total. The van der Waals surface area contributed by atoms with E-state index in [4.69, 9.17) is 7.51 Å². The Morgan fingerprint density at radius 1 is 1.42 bits per heavy atom. The van der Waals surface area contributed by atoms with E-state index < -0.39 is 5.54 Å². The Labute approximate surface area is 121 Å². The summed E-state index contributed by atoms with van der Waals surface area (Å²) in [4.78, 5) is 13.7. The van der Waals surface area contributed by atoms with E-state index in [1.54, 1.807) is 17.6 Å². The van der Waals surface area contributed by atoms with Gasteiger partial charge < -0.3 is 0 Å². The Balaban J connectivity index is 0.00000133. The van der Waals surface area contributed by atoms with Crippen molar-refractivity contribution < 1.29 is 12.3 Å². The molecule has 0 aromatic heterocycles. The molecular formula is C13H11NO3PoRf-. The Bertz CT molecular complexity index is 496. The Morgan fingerprint density at radius 2 is 2.16 bits per heavy atom. The molecule has 2 aliphatic heterocycles. The quantitative estimate of drug-likeness (QED) is 0.444. The van der Waals surface area contributed by atoms with E-state index >= 15 is 0 Å². The number of rotatable bonds is 3. The Kier molecular flexibility index (Phi) is 3.66. The number of hydrogen-bond donors (Lipinski definition) is 0. The number of carbonyl (C=O) groups excluding carboxylic acids is 1. The molecule has 0 N–H and O–H groups in total. The first-order valence-corrected chi connectivity index (χ1v) is 6.88. The molecule has 0 aliphatic carbocycles. The van der Waals surface area contributed by atoms with Crippen molar-refractivity contribution in [1.29, 1.82) is 0 Å². The number of amides is 1. The van der Waals surface area contributed by atoms with Crippen molar-refractivity contribution >= 4 is 31.4 Å². The minimum Gasteiger partial charge on any atom is 0 e. The number of nitrogens with zero attached hydrogens (tertiary/aromatic N) is 1. The van der Waals surface area contributed by atoms with E-state index in [1.165, 1.54) is 0 Å². The number of ether oxygens (including phenoxy) is 1. The molecule has 1 aromatic carbocycles. The smallest absolute Gasteiger partial charge is 0 e. The molecule has 19 heavy (non-hydrogen) atoms. The van der Waals surface area contributed by atoms with Gasteiger partial charge in [-0.2, -0.15) is 0 Å². The van der Waals surface area contributed by atoms with Crippen LogP contribution in [-0.4, -0.2) is 48.5 Å². The summed E-state index contributed by atoms with van der Waals surface area (Å²) in [6.45, 7) is 2.12. The van der Waals surface area contributed by atoms with Crippen molar-refractivity contribution in [2.75, 3.05) is 6.61 Å². The second-order valence-corrected chi connectivity index (χ2v) is 5.07. The van der Waals surface area contributed by atoms with Crippen LogP contribution in [0.3, 0.4) is 0 Å². The summed E-state index contributed by atoms with van der Waals surface area (Å²) in [7, 11) is 0. The molecule has 1 radical (unpaired) electrons. The third kappa shape index (κ3) is 2.04. The summed E-state index contributed by atoms with van der Waals surface area (Å²) in [5, 5.41) is 0. The molecule has 2 heterocycles. The minimum absolute atomic E-state index is 0. The third-order valence-electron chi connectivity index (χ3n) is 3.24. The summed E-state index contributed by atoms with van der Waals surface area (Å²) in [5.74, 6) is -0.0374. The average Bonchev–Trinajstić information content (AvgIpc) is 2.91. The molecular weight excluding hydrogens is 694 g/mol. The van der Waals surface area contributed by atoms with Crippen LogP contribution in [-0.2, 0) is 12.3 Å². The fourth-order valence-electron chi connectivity index (χ4n) is 2.40. The van der Waals surface area contributed by atoms with Gasteiger partial charge in [0.1, 0.15) is 0 Å². The van der Waals surface area contributed by atoms with Crippen LogP contribution in [0.5, 0.6) is 0 Å². The maximum atomic E-state index is 12.0. The molecule has 1 unspecified atom stereocenters. The van der Waals surface area contributed by atoms with Crippen molar-refractivity contribution in [2.45, 2.75) is 11.8 Å². The van der Waals surface area contributed by atoms with E-state index in [9.17, 15) is 4.79 Å². The summed E-state index contributed by atoms with van der Waals surface area (Å²) in [5.41, 5.74) is 0.438. The van der Waals surface area contributed by atoms with Crippen molar-refractivity contribution in [1.82, 2.24) is 4.90 Å². The predicted molar refractivity (Wildman–Crippen MR) is 65.0 cm³/mol. The summed E-state index contributed by atoms with van der Waals surface area (Å²) in [6, 6.07) is 9.75. The van der Waals surface area contributed by atoms with Crippen LogP contribution in [0.2, 0.25) is 0 Å². The van der Waals surface area contributed by atoms with Gasteiger partial charge in [-0.05, 0) is 0 Å². The van der Waals surface area contributed by atoms with Crippen LogP contribution in [0.1, 0.15) is 11.8 Å². The molecule has 6 heteroatoms. The van der Waals surface area contributed by atoms with E-state index in [-0.39, 0.29) is 12.1 Å². The number of carbonyl (C=O) groups is 1. The molecule has 1 saturated heterocycles. The maximum Gasteiger partial charge on any atom is 0 e. The molecule has 1 fully saturated rings. The van der Waals surface area contributed by atoms with Crippen molar-refractivity contribution in [3.05, 3.63) is 54.7 Å². The van der Waals surface area contributed by atoms with Gasteiger partial charge in [0.15, 0.2) is 0 Å². The second kappa shape index (κ2) is 5.09. The first-order valence-electron chi connectivity index (χ1n) is 5.59. The number of benzene rings is 1. The summed E-state index contributed by atoms with van der Waals surface area (Å²) in [6.07, 6.45) is 3.10. The van der Waals surface area contributed by atoms with Gasteiger partial charge in [-0.15, -0.1) is 0 Å². The summed E-state index contributed by atoms with van der Waals surface area (Å²) < 4.78 is 11.0. The van der Waals surface area contributed by atoms with Crippen LogP contribution in [0.15, 0.2) is 42.5 Å². The van der Waals surface area contributed by atoms with Gasteiger partial charge >= 0.3 is 122 Å². The maximum absolute atomic E-state index is 12.0. The van der Waals surface area contributed by atoms with E-state index in [0.717, 1.165) is 31.1 Å². The second-order valence-electron chi connectivity index (χ2n) is 4.32. The number of hydrogen-bond acceptors (Lipinski definition) is 3. The molecule has 1 amide bonds. The van der Waals surface area contributed by atoms with Crippen LogP contribution in [0.4, 0.5) is 0 Å². The van der Waals surface area contributed by atoms with Gasteiger partial charge in [0.2, 0.25) is 0 Å². The van der Waals surface area contributed by atoms with Crippen molar-refractivity contribution in [3.8, 4) is 0 Å². The zero-order valence-corrected chi connectivity index (χ0v) is 19.8. The van der Waals surface area contributed by atoms with Gasteiger partial charge in [-0.25, -0.2) is 0 Å². The normalized spacial score (nSPS) is 28.4. The van der Waals surface area contributed by atoms with Gasteiger partial charge in [0.25, 0.3) is 0 Å². The van der Waals surface area contributed by atoms with Crippen molar-refractivity contribution in [2.24, 2.45) is 0 Å². The predicted octanol–water partition coefficient (Wildman–Crippen LogP) is 1.11. The molecule has 0 saturated carbocycles. The molecule has 2 aliphatic rings. The van der Waals surface area contributed by atoms with E-state index in [1.807, 2.05) is 36.4 Å². The first kappa shape index (κ1) is 13.7. The van der Waals surface area contributed by atoms with Crippen LogP contribution >= 0.6 is 0 Å². The molecule has 0 bridgehead atoms. The Hall–Kier alpha value is -1.75. The van der Waals surface area contributed by atoms with Crippen LogP contribution in [0.25, 0.3) is 0 Å². The van der Waals surface area contributed by atoms with E-state index in [2.05, 4.69) is 0 Å². The largest absolute Gasteiger partial charge is 0 e. The molecule has 2 atom stereocenters. The Morgan fingerprint density at radius 3 is 2.84 bits per heavy atom. The topological polar surface area (TPSA) is 38.8 Å².